The van der Waals surface area contributed by atoms with E-state index < -0.39 is 0 Å². The molecule has 0 amide bonds. The van der Waals surface area contributed by atoms with Gasteiger partial charge in [-0.2, -0.15) is 0 Å². The highest BCUT2D eigenvalue weighted by atomic mass is 79.9. The Balaban J connectivity index is 1.89. The van der Waals surface area contributed by atoms with Gasteiger partial charge in [0.05, 0.1) is 13.2 Å². The maximum atomic E-state index is 5.99. The van der Waals surface area contributed by atoms with Crippen molar-refractivity contribution in [1.82, 2.24) is 0 Å². The largest absolute Gasteiger partial charge is 0.494 e. The molecule has 2 rings (SSSR count). The lowest BCUT2D eigenvalue weighted by Gasteiger charge is -2.35. The molecule has 0 atom stereocenters. The Labute approximate surface area is 124 Å². The Morgan fingerprint density at radius 1 is 1.00 bits per heavy atom. The van der Waals surface area contributed by atoms with Gasteiger partial charge in [-0.1, -0.05) is 35.2 Å². The second-order valence-electron chi connectivity index (χ2n) is 5.39. The van der Waals surface area contributed by atoms with E-state index in [0.717, 1.165) is 23.4 Å². The first kappa shape index (κ1) is 14.7. The third-order valence-corrected chi connectivity index (χ3v) is 5.07. The van der Waals surface area contributed by atoms with Crippen LogP contribution in [-0.2, 0) is 0 Å². The number of benzene rings is 1. The van der Waals surface area contributed by atoms with Crippen LogP contribution in [0.5, 0.6) is 11.5 Å². The van der Waals surface area contributed by atoms with Gasteiger partial charge in [0.15, 0.2) is 0 Å². The van der Waals surface area contributed by atoms with Crippen LogP contribution in [0.2, 0.25) is 0 Å². The molecule has 1 aromatic carbocycles. The van der Waals surface area contributed by atoms with Gasteiger partial charge in [-0.25, -0.2) is 0 Å². The molecule has 0 bridgehead atoms. The van der Waals surface area contributed by atoms with Crippen molar-refractivity contribution >= 4 is 15.9 Å². The zero-order valence-electron chi connectivity index (χ0n) is 11.7. The molecule has 0 spiro atoms. The predicted octanol–water partition coefficient (Wildman–Crippen LogP) is 4.81. The Morgan fingerprint density at radius 2 is 1.58 bits per heavy atom. The van der Waals surface area contributed by atoms with E-state index in [9.17, 15) is 0 Å². The number of halogens is 1. The van der Waals surface area contributed by atoms with Crippen LogP contribution in [0.3, 0.4) is 0 Å². The number of rotatable bonds is 6. The number of ether oxygens (including phenoxy) is 2. The van der Waals surface area contributed by atoms with Crippen molar-refractivity contribution in [2.24, 2.45) is 5.41 Å². The third kappa shape index (κ3) is 4.13. The van der Waals surface area contributed by atoms with E-state index in [-0.39, 0.29) is 0 Å². The Morgan fingerprint density at radius 3 is 2.11 bits per heavy atom. The summed E-state index contributed by atoms with van der Waals surface area (Å²) in [5.74, 6) is 1.84. The molecule has 0 saturated heterocycles. The lowest BCUT2D eigenvalue weighted by Crippen LogP contribution is -2.32. The molecule has 3 heteroatoms. The van der Waals surface area contributed by atoms with Gasteiger partial charge >= 0.3 is 0 Å². The summed E-state index contributed by atoms with van der Waals surface area (Å²) in [7, 11) is 0. The van der Waals surface area contributed by atoms with Gasteiger partial charge in [0.1, 0.15) is 11.5 Å². The molecule has 0 radical (unpaired) electrons. The zero-order valence-corrected chi connectivity index (χ0v) is 13.2. The van der Waals surface area contributed by atoms with Crippen LogP contribution in [-0.4, -0.2) is 18.5 Å². The molecular formula is C16H23BrO2. The summed E-state index contributed by atoms with van der Waals surface area (Å²) >= 11 is 3.67. The van der Waals surface area contributed by atoms with Gasteiger partial charge in [0, 0.05) is 10.7 Å². The molecule has 1 fully saturated rings. The molecule has 1 aliphatic rings. The highest BCUT2D eigenvalue weighted by Crippen LogP contribution is 2.38. The summed E-state index contributed by atoms with van der Waals surface area (Å²) < 4.78 is 11.4. The zero-order chi connectivity index (χ0) is 13.6. The van der Waals surface area contributed by atoms with Crippen molar-refractivity contribution < 1.29 is 9.47 Å². The van der Waals surface area contributed by atoms with Gasteiger partial charge in [0.2, 0.25) is 0 Å². The molecule has 0 heterocycles. The van der Waals surface area contributed by atoms with E-state index in [1.54, 1.807) is 0 Å². The molecule has 1 aromatic rings. The highest BCUT2D eigenvalue weighted by Gasteiger charge is 2.31. The van der Waals surface area contributed by atoms with Gasteiger partial charge in [-0.05, 0) is 44.0 Å². The summed E-state index contributed by atoms with van der Waals surface area (Å²) in [4.78, 5) is 0. The van der Waals surface area contributed by atoms with Crippen LogP contribution in [0.1, 0.15) is 39.0 Å². The normalized spacial score (nSPS) is 18.0. The van der Waals surface area contributed by atoms with Crippen molar-refractivity contribution in [3.05, 3.63) is 24.3 Å². The fraction of sp³-hybridized carbons (Fsp3) is 0.625. The third-order valence-electron chi connectivity index (χ3n) is 3.88. The molecule has 0 aromatic heterocycles. The molecule has 1 saturated carbocycles. The van der Waals surface area contributed by atoms with E-state index in [0.29, 0.717) is 12.0 Å². The van der Waals surface area contributed by atoms with E-state index in [4.69, 9.17) is 9.47 Å². The molecule has 0 unspecified atom stereocenters. The fourth-order valence-corrected chi connectivity index (χ4v) is 3.38. The lowest BCUT2D eigenvalue weighted by molar-refractivity contribution is 0.122. The molecule has 0 N–H and O–H groups in total. The molecule has 106 valence electrons. The van der Waals surface area contributed by atoms with Crippen molar-refractivity contribution in [2.75, 3.05) is 18.5 Å². The summed E-state index contributed by atoms with van der Waals surface area (Å²) in [6.07, 6.45) is 6.58. The Kier molecular flexibility index (Phi) is 5.56. The standard InChI is InChI=1S/C16H23BrO2/c1-2-18-14-6-8-15(9-7-14)19-13-16(12-17)10-4-3-5-11-16/h6-9H,2-5,10-13H2,1H3. The SMILES string of the molecule is CCOc1ccc(OCC2(CBr)CCCCC2)cc1. The van der Waals surface area contributed by atoms with Crippen LogP contribution in [0.4, 0.5) is 0 Å². The van der Waals surface area contributed by atoms with Gasteiger partial charge in [-0.15, -0.1) is 0 Å². The Bertz CT molecular complexity index is 369. The van der Waals surface area contributed by atoms with E-state index in [1.165, 1.54) is 32.1 Å². The second kappa shape index (κ2) is 7.18. The first-order valence-electron chi connectivity index (χ1n) is 7.20. The van der Waals surface area contributed by atoms with Crippen LogP contribution in [0, 0.1) is 5.41 Å². The minimum atomic E-state index is 0.330. The van der Waals surface area contributed by atoms with E-state index >= 15 is 0 Å². The van der Waals surface area contributed by atoms with Crippen molar-refractivity contribution in [1.29, 1.82) is 0 Å². The van der Waals surface area contributed by atoms with Crippen molar-refractivity contribution in [3.63, 3.8) is 0 Å². The number of alkyl halides is 1. The molecular weight excluding hydrogens is 304 g/mol. The van der Waals surface area contributed by atoms with Gasteiger partial charge < -0.3 is 9.47 Å². The smallest absolute Gasteiger partial charge is 0.119 e. The average molecular weight is 327 g/mol. The average Bonchev–Trinajstić information content (AvgIpc) is 2.48. The maximum Gasteiger partial charge on any atom is 0.119 e. The quantitative estimate of drug-likeness (QED) is 0.698. The topological polar surface area (TPSA) is 18.5 Å². The number of hydrogen-bond donors (Lipinski definition) is 0. The fourth-order valence-electron chi connectivity index (χ4n) is 2.65. The molecule has 0 aliphatic heterocycles. The molecule has 19 heavy (non-hydrogen) atoms. The van der Waals surface area contributed by atoms with Crippen molar-refractivity contribution in [2.45, 2.75) is 39.0 Å². The van der Waals surface area contributed by atoms with Crippen molar-refractivity contribution in [3.8, 4) is 11.5 Å². The van der Waals surface area contributed by atoms with Crippen LogP contribution in [0.15, 0.2) is 24.3 Å². The summed E-state index contributed by atoms with van der Waals surface area (Å²) in [6, 6.07) is 7.94. The summed E-state index contributed by atoms with van der Waals surface area (Å²) in [5.41, 5.74) is 0.330. The first-order valence-corrected chi connectivity index (χ1v) is 8.32. The number of hydrogen-bond acceptors (Lipinski definition) is 2. The first-order chi connectivity index (χ1) is 9.28. The second-order valence-corrected chi connectivity index (χ2v) is 5.95. The monoisotopic (exact) mass is 326 g/mol. The minimum absolute atomic E-state index is 0.330. The van der Waals surface area contributed by atoms with Gasteiger partial charge in [0.25, 0.3) is 0 Å². The van der Waals surface area contributed by atoms with Crippen LogP contribution in [0.25, 0.3) is 0 Å². The highest BCUT2D eigenvalue weighted by molar-refractivity contribution is 9.09. The summed E-state index contributed by atoms with van der Waals surface area (Å²) in [6.45, 7) is 3.51. The van der Waals surface area contributed by atoms with E-state index in [2.05, 4.69) is 15.9 Å². The molecule has 1 aliphatic carbocycles. The van der Waals surface area contributed by atoms with Gasteiger partial charge in [-0.3, -0.25) is 0 Å². The predicted molar refractivity (Wildman–Crippen MR) is 82.4 cm³/mol. The maximum absolute atomic E-state index is 5.99. The van der Waals surface area contributed by atoms with Crippen LogP contribution >= 0.6 is 15.9 Å². The Hall–Kier alpha value is -0.700. The van der Waals surface area contributed by atoms with E-state index in [1.807, 2.05) is 31.2 Å². The van der Waals surface area contributed by atoms with Crippen LogP contribution < -0.4 is 9.47 Å². The lowest BCUT2D eigenvalue weighted by atomic mass is 9.76. The molecule has 2 nitrogen and oxygen atoms in total. The summed E-state index contributed by atoms with van der Waals surface area (Å²) in [5, 5.41) is 1.04. The minimum Gasteiger partial charge on any atom is -0.494 e.